The first-order valence-electron chi connectivity index (χ1n) is 20.6. The Morgan fingerprint density at radius 3 is 1.33 bits per heavy atom. The van der Waals surface area contributed by atoms with Gasteiger partial charge in [0.25, 0.3) is 0 Å². The van der Waals surface area contributed by atoms with E-state index in [1.165, 1.54) is 13.8 Å². The maximum atomic E-state index is 13.3. The van der Waals surface area contributed by atoms with Crippen LogP contribution in [0.4, 0.5) is 0 Å². The van der Waals surface area contributed by atoms with Crippen molar-refractivity contribution in [3.63, 3.8) is 0 Å². The van der Waals surface area contributed by atoms with Gasteiger partial charge in [-0.15, -0.1) is 0 Å². The molecule has 0 amide bonds. The first-order chi connectivity index (χ1) is 28.5. The van der Waals surface area contributed by atoms with Gasteiger partial charge in [-0.2, -0.15) is 0 Å². The predicted octanol–water partition coefficient (Wildman–Crippen LogP) is 6.08. The topological polar surface area (TPSA) is 203 Å². The molecule has 4 atom stereocenters. The van der Waals surface area contributed by atoms with Gasteiger partial charge in [-0.25, -0.2) is 14.4 Å². The lowest BCUT2D eigenvalue weighted by Gasteiger charge is -2.41. The molecule has 1 heterocycles. The molecule has 1 rings (SSSR count). The lowest BCUT2D eigenvalue weighted by atomic mass is 9.96. The SMILES string of the molecule is C=C(C)COCCCCC(=O)O[C@H]1C(CCCOC(=O)CCCCOC(=O)C(=C)C)OC[C@@H](OC(=O)CCCCOC(=O)C(=C)C)[C@@H]1OC(=O)CCCCOC(=O)C(=C)C. The van der Waals surface area contributed by atoms with E-state index in [1.807, 2.05) is 6.92 Å². The number of hydrogen-bond acceptors (Lipinski definition) is 16. The Kier molecular flexibility index (Phi) is 27.6. The van der Waals surface area contributed by atoms with Crippen LogP contribution in [0.3, 0.4) is 0 Å². The van der Waals surface area contributed by atoms with Crippen molar-refractivity contribution in [2.75, 3.05) is 46.2 Å². The van der Waals surface area contributed by atoms with Crippen LogP contribution in [0.5, 0.6) is 0 Å². The molecular formula is C44H66O16. The largest absolute Gasteiger partial charge is 0.466 e. The van der Waals surface area contributed by atoms with E-state index in [1.54, 1.807) is 6.92 Å². The molecule has 0 aromatic carbocycles. The maximum absolute atomic E-state index is 13.3. The van der Waals surface area contributed by atoms with Gasteiger partial charge in [0, 0.05) is 49.0 Å². The summed E-state index contributed by atoms with van der Waals surface area (Å²) in [5, 5.41) is 0. The van der Waals surface area contributed by atoms with Gasteiger partial charge in [0.15, 0.2) is 18.3 Å². The number of hydrogen-bond donors (Lipinski definition) is 0. The minimum atomic E-state index is -1.25. The molecule has 1 fully saturated rings. The Morgan fingerprint density at radius 1 is 0.483 bits per heavy atom. The lowest BCUT2D eigenvalue weighted by Crippen LogP contribution is -2.57. The highest BCUT2D eigenvalue weighted by Crippen LogP contribution is 2.28. The third kappa shape index (κ3) is 24.9. The Bertz CT molecular complexity index is 1460. The van der Waals surface area contributed by atoms with Gasteiger partial charge in [0.1, 0.15) is 0 Å². The first-order valence-corrected chi connectivity index (χ1v) is 20.6. The molecule has 0 aliphatic carbocycles. The molecule has 1 unspecified atom stereocenters. The third-order valence-corrected chi connectivity index (χ3v) is 8.58. The molecule has 0 aromatic heterocycles. The molecule has 0 N–H and O–H groups in total. The van der Waals surface area contributed by atoms with Gasteiger partial charge in [-0.3, -0.25) is 19.2 Å². The first kappa shape index (κ1) is 53.2. The Morgan fingerprint density at radius 2 is 0.883 bits per heavy atom. The summed E-state index contributed by atoms with van der Waals surface area (Å²) >= 11 is 0. The molecule has 60 heavy (non-hydrogen) atoms. The van der Waals surface area contributed by atoms with Crippen LogP contribution >= 0.6 is 0 Å². The van der Waals surface area contributed by atoms with E-state index in [9.17, 15) is 33.6 Å². The highest BCUT2D eigenvalue weighted by atomic mass is 16.6. The number of esters is 7. The molecule has 1 aliphatic heterocycles. The van der Waals surface area contributed by atoms with Crippen molar-refractivity contribution in [2.45, 2.75) is 142 Å². The molecule has 1 saturated heterocycles. The minimum absolute atomic E-state index is 0.0215. The summed E-state index contributed by atoms with van der Waals surface area (Å²) in [4.78, 5) is 86.8. The summed E-state index contributed by atoms with van der Waals surface area (Å²) in [7, 11) is 0. The Labute approximate surface area is 354 Å². The van der Waals surface area contributed by atoms with Gasteiger partial charge < -0.3 is 42.6 Å². The normalized spacial score (nSPS) is 17.0. The van der Waals surface area contributed by atoms with Crippen LogP contribution < -0.4 is 0 Å². The molecule has 0 radical (unpaired) electrons. The van der Waals surface area contributed by atoms with Crippen molar-refractivity contribution in [3.8, 4) is 0 Å². The number of carbonyl (C=O) groups is 7. The fourth-order valence-corrected chi connectivity index (χ4v) is 5.36. The summed E-state index contributed by atoms with van der Waals surface area (Å²) in [5.41, 5.74) is 1.67. The quantitative estimate of drug-likeness (QED) is 0.0248. The van der Waals surface area contributed by atoms with E-state index in [2.05, 4.69) is 26.3 Å². The summed E-state index contributed by atoms with van der Waals surface area (Å²) in [6.45, 7) is 21.8. The van der Waals surface area contributed by atoms with E-state index >= 15 is 0 Å². The minimum Gasteiger partial charge on any atom is -0.466 e. The van der Waals surface area contributed by atoms with Crippen LogP contribution in [0.15, 0.2) is 48.6 Å². The van der Waals surface area contributed by atoms with Crippen molar-refractivity contribution in [1.82, 2.24) is 0 Å². The number of ether oxygens (including phenoxy) is 9. The van der Waals surface area contributed by atoms with Crippen LogP contribution in [0.2, 0.25) is 0 Å². The highest BCUT2D eigenvalue weighted by Gasteiger charge is 2.47. The summed E-state index contributed by atoms with van der Waals surface area (Å²) in [6.07, 6.45) is -0.563. The maximum Gasteiger partial charge on any atom is 0.333 e. The lowest BCUT2D eigenvalue weighted by molar-refractivity contribution is -0.229. The number of unbranched alkanes of at least 4 members (excludes halogenated alkanes) is 4. The van der Waals surface area contributed by atoms with Gasteiger partial charge in [-0.05, 0) is 91.9 Å². The molecule has 0 saturated carbocycles. The van der Waals surface area contributed by atoms with Crippen molar-refractivity contribution < 1.29 is 76.2 Å². The summed E-state index contributed by atoms with van der Waals surface area (Å²) in [6, 6.07) is 0. The van der Waals surface area contributed by atoms with Crippen molar-refractivity contribution in [3.05, 3.63) is 48.6 Å². The second-order valence-electron chi connectivity index (χ2n) is 14.8. The zero-order chi connectivity index (χ0) is 44.9. The van der Waals surface area contributed by atoms with Crippen molar-refractivity contribution in [1.29, 1.82) is 0 Å². The summed E-state index contributed by atoms with van der Waals surface area (Å²) < 4.78 is 49.8. The summed E-state index contributed by atoms with van der Waals surface area (Å²) in [5.74, 6) is -3.89. The van der Waals surface area contributed by atoms with Gasteiger partial charge >= 0.3 is 41.8 Å². The average Bonchev–Trinajstić information content (AvgIpc) is 3.18. The van der Waals surface area contributed by atoms with Crippen LogP contribution in [-0.4, -0.2) is 112 Å². The molecule has 1 aliphatic rings. The fourth-order valence-electron chi connectivity index (χ4n) is 5.36. The fraction of sp³-hybridized carbons (Fsp3) is 0.659. The Balaban J connectivity index is 3.05. The van der Waals surface area contributed by atoms with Crippen LogP contribution in [0, 0.1) is 0 Å². The van der Waals surface area contributed by atoms with E-state index in [4.69, 9.17) is 42.6 Å². The molecule has 338 valence electrons. The monoisotopic (exact) mass is 850 g/mol. The smallest absolute Gasteiger partial charge is 0.333 e. The average molecular weight is 851 g/mol. The molecule has 0 spiro atoms. The second-order valence-corrected chi connectivity index (χ2v) is 14.8. The van der Waals surface area contributed by atoms with Gasteiger partial charge in [0.05, 0.1) is 45.7 Å². The number of rotatable bonds is 32. The van der Waals surface area contributed by atoms with Crippen molar-refractivity contribution in [2.24, 2.45) is 0 Å². The standard InChI is InChI=1S/C44H66O16/c1-30(2)28-52-23-13-9-21-38(47)59-40-34(18-17-27-53-36(45)19-10-14-24-54-42(49)31(3)4)57-29-35(58-37(46)20-11-15-25-55-43(50)32(5)6)41(40)60-39(48)22-12-16-26-56-44(51)33(7)8/h34-35,40-41H,1,3,5,7,9-29H2,2,4,6,8H3/t34?,35-,40+,41+/m1/s1. The number of carbonyl (C=O) groups excluding carboxylic acids is 7. The third-order valence-electron chi connectivity index (χ3n) is 8.58. The van der Waals surface area contributed by atoms with Crippen LogP contribution in [0.1, 0.15) is 118 Å². The molecule has 16 nitrogen and oxygen atoms in total. The van der Waals surface area contributed by atoms with E-state index in [-0.39, 0.29) is 81.9 Å². The van der Waals surface area contributed by atoms with Crippen LogP contribution in [-0.2, 0) is 76.2 Å². The van der Waals surface area contributed by atoms with Crippen LogP contribution in [0.25, 0.3) is 0 Å². The predicted molar refractivity (Wildman–Crippen MR) is 218 cm³/mol. The van der Waals surface area contributed by atoms with E-state index < -0.39 is 66.2 Å². The zero-order valence-corrected chi connectivity index (χ0v) is 36.0. The van der Waals surface area contributed by atoms with E-state index in [0.717, 1.165) is 5.57 Å². The molecule has 0 bridgehead atoms. The van der Waals surface area contributed by atoms with Gasteiger partial charge in [0.2, 0.25) is 0 Å². The van der Waals surface area contributed by atoms with Crippen molar-refractivity contribution >= 4 is 41.8 Å². The van der Waals surface area contributed by atoms with E-state index in [0.29, 0.717) is 71.0 Å². The zero-order valence-electron chi connectivity index (χ0n) is 36.0. The highest BCUT2D eigenvalue weighted by molar-refractivity contribution is 5.87. The Hall–Kier alpha value is -4.83. The second kappa shape index (κ2) is 31.1. The molecule has 0 aromatic rings. The molecular weight excluding hydrogens is 784 g/mol. The van der Waals surface area contributed by atoms with Gasteiger partial charge in [-0.1, -0.05) is 31.9 Å². The molecule has 16 heteroatoms.